The molecule has 0 aliphatic heterocycles. The van der Waals surface area contributed by atoms with Crippen molar-refractivity contribution in [1.29, 1.82) is 0 Å². The van der Waals surface area contributed by atoms with Gasteiger partial charge < -0.3 is 37.2 Å². The lowest BCUT2D eigenvalue weighted by molar-refractivity contribution is 0.0700. The Kier molecular flexibility index (Phi) is 21.3. The summed E-state index contributed by atoms with van der Waals surface area (Å²) in [6.45, 7) is 15.1. The summed E-state index contributed by atoms with van der Waals surface area (Å²) in [5, 5.41) is 5.41. The van der Waals surface area contributed by atoms with Gasteiger partial charge in [-0.1, -0.05) is 0 Å². The van der Waals surface area contributed by atoms with Crippen molar-refractivity contribution in [2.24, 2.45) is 0 Å². The molecule has 0 aliphatic rings. The first-order valence-corrected chi connectivity index (χ1v) is 17.5. The van der Waals surface area contributed by atoms with Crippen LogP contribution in [0.15, 0.2) is 0 Å². The molecule has 0 saturated heterocycles. The van der Waals surface area contributed by atoms with Gasteiger partial charge in [-0.15, -0.1) is 0 Å². The van der Waals surface area contributed by atoms with E-state index in [0.717, 1.165) is 0 Å². The van der Waals surface area contributed by atoms with Gasteiger partial charge in [0.15, 0.2) is 0 Å². The first kappa shape index (κ1) is 36.4. The van der Waals surface area contributed by atoms with Gasteiger partial charge >= 0.3 is 29.7 Å². The van der Waals surface area contributed by atoms with E-state index < -0.39 is 29.7 Å². The molecule has 14 nitrogen and oxygen atoms in total. The molecule has 0 spiro atoms. The summed E-state index contributed by atoms with van der Waals surface area (Å²) in [6, 6.07) is 0.198. The second-order valence-corrected chi connectivity index (χ2v) is 13.4. The Hall–Kier alpha value is -1.58. The molecule has 0 aromatic rings. The van der Waals surface area contributed by atoms with Gasteiger partial charge in [0, 0.05) is 64.8 Å². The summed E-state index contributed by atoms with van der Waals surface area (Å²) in [7, 11) is -5.48. The third kappa shape index (κ3) is 16.4. The lowest BCUT2D eigenvalue weighted by Gasteiger charge is -2.28. The van der Waals surface area contributed by atoms with Crippen molar-refractivity contribution in [2.45, 2.75) is 66.5 Å². The molecule has 0 radical (unpaired) electrons. The van der Waals surface area contributed by atoms with Crippen LogP contribution < -0.4 is 32.3 Å². The van der Waals surface area contributed by atoms with Gasteiger partial charge in [0.25, 0.3) is 0 Å². The summed E-state index contributed by atoms with van der Waals surface area (Å²) in [5.74, 6) is 0. The third-order valence-electron chi connectivity index (χ3n) is 4.66. The molecular weight excluding hydrogens is 553 g/mol. The van der Waals surface area contributed by atoms with Gasteiger partial charge in [-0.2, -0.15) is 0 Å². The van der Waals surface area contributed by atoms with E-state index in [9.17, 15) is 9.59 Å². The van der Waals surface area contributed by atoms with Crippen LogP contribution in [-0.4, -0.2) is 87.5 Å². The number of hydrogen-bond acceptors (Lipinski definition) is 9. The zero-order chi connectivity index (χ0) is 28.7. The Labute approximate surface area is 234 Å². The van der Waals surface area contributed by atoms with E-state index in [1.165, 1.54) is 0 Å². The van der Waals surface area contributed by atoms with E-state index >= 15 is 0 Å². The Morgan fingerprint density at radius 3 is 1.11 bits per heavy atom. The first-order chi connectivity index (χ1) is 18.3. The number of hydrazine groups is 2. The highest BCUT2D eigenvalue weighted by Crippen LogP contribution is 2.18. The summed E-state index contributed by atoms with van der Waals surface area (Å²) in [5.41, 5.74) is 9.76. The van der Waals surface area contributed by atoms with Crippen molar-refractivity contribution in [1.82, 2.24) is 32.3 Å². The minimum atomic E-state index is -2.74. The van der Waals surface area contributed by atoms with E-state index in [4.69, 9.17) is 38.8 Å². The molecule has 0 aliphatic carbocycles. The fraction of sp³-hybridized carbons (Fsp3) is 0.857. The Bertz CT molecular complexity index is 585. The minimum absolute atomic E-state index is 0.00113. The molecule has 0 aromatic carbocycles. The number of hydrogen-bond donors (Lipinski definition) is 6. The number of amides is 4. The maximum Gasteiger partial charge on any atom is 0.500 e. The van der Waals surface area contributed by atoms with Crippen molar-refractivity contribution in [3.63, 3.8) is 0 Å². The van der Waals surface area contributed by atoms with Crippen LogP contribution in [-0.2, 0) is 26.6 Å². The van der Waals surface area contributed by atoms with Crippen LogP contribution in [0.3, 0.4) is 0 Å². The monoisotopic (exact) mass is 600 g/mol. The third-order valence-corrected chi connectivity index (χ3v) is 11.2. The van der Waals surface area contributed by atoms with Crippen LogP contribution in [0.4, 0.5) is 9.59 Å². The van der Waals surface area contributed by atoms with Crippen LogP contribution in [0.25, 0.3) is 0 Å². The SMILES string of the molecule is CCO[Si](CCCNC(=O)NNC(=S)NNC(=O)NCCC[Si](OCC)(OCC)OCC)(OCC)OCC. The smallest absolute Gasteiger partial charge is 0.374 e. The van der Waals surface area contributed by atoms with E-state index in [-0.39, 0.29) is 5.11 Å². The van der Waals surface area contributed by atoms with E-state index in [2.05, 4.69) is 32.3 Å². The predicted octanol–water partition coefficient (Wildman–Crippen LogP) is 1.76. The second kappa shape index (κ2) is 22.3. The number of carbonyl (C=O) groups is 2. The van der Waals surface area contributed by atoms with E-state index in [1.807, 2.05) is 41.5 Å². The number of thiocarbonyl (C=S) groups is 1. The number of carbonyl (C=O) groups excluding carboxylic acids is 2. The molecule has 0 unspecified atom stereocenters. The highest BCUT2D eigenvalue weighted by atomic mass is 32.1. The average Bonchev–Trinajstić information content (AvgIpc) is 2.88. The molecule has 0 aromatic heterocycles. The van der Waals surface area contributed by atoms with Crippen LogP contribution in [0.5, 0.6) is 0 Å². The van der Waals surface area contributed by atoms with Crippen molar-refractivity contribution in [3.05, 3.63) is 0 Å². The molecular formula is C21H48N6O8SSi2. The fourth-order valence-electron chi connectivity index (χ4n) is 3.36. The van der Waals surface area contributed by atoms with E-state index in [0.29, 0.717) is 77.7 Å². The van der Waals surface area contributed by atoms with Gasteiger partial charge in [0.2, 0.25) is 5.11 Å². The van der Waals surface area contributed by atoms with Crippen LogP contribution in [0.1, 0.15) is 54.4 Å². The Balaban J connectivity index is 4.18. The largest absolute Gasteiger partial charge is 0.500 e. The molecule has 4 amide bonds. The standard InChI is InChI=1S/C21H48N6O8SSi2/c1-7-30-37(31-8-2,32-9-3)17-13-15-22-19(28)24-26-21(36)27-25-20(29)23-16-14-18-38(33-10-4,34-11-5)35-12-6/h7-18H2,1-6H3,(H2,22,24,28)(H2,23,25,29)(H2,26,27,36). The zero-order valence-corrected chi connectivity index (χ0v) is 26.5. The molecule has 0 fully saturated rings. The summed E-state index contributed by atoms with van der Waals surface area (Å²) in [4.78, 5) is 24.0. The van der Waals surface area contributed by atoms with Gasteiger partial charge in [0.1, 0.15) is 0 Å². The lowest BCUT2D eigenvalue weighted by atomic mass is 10.5. The van der Waals surface area contributed by atoms with E-state index in [1.54, 1.807) is 0 Å². The Morgan fingerprint density at radius 1 is 0.553 bits per heavy atom. The molecule has 224 valence electrons. The van der Waals surface area contributed by atoms with Crippen molar-refractivity contribution in [3.8, 4) is 0 Å². The molecule has 0 atom stereocenters. The van der Waals surface area contributed by atoms with Crippen LogP contribution >= 0.6 is 12.2 Å². The summed E-state index contributed by atoms with van der Waals surface area (Å²) in [6.07, 6.45) is 1.24. The Morgan fingerprint density at radius 2 is 0.842 bits per heavy atom. The molecule has 17 heteroatoms. The van der Waals surface area contributed by atoms with Gasteiger partial charge in [0.05, 0.1) is 0 Å². The molecule has 38 heavy (non-hydrogen) atoms. The van der Waals surface area contributed by atoms with Gasteiger partial charge in [-0.25, -0.2) is 20.4 Å². The number of urea groups is 2. The van der Waals surface area contributed by atoms with Crippen molar-refractivity contribution >= 4 is 47.0 Å². The maximum atomic E-state index is 12.0. The van der Waals surface area contributed by atoms with Gasteiger partial charge in [-0.3, -0.25) is 10.9 Å². The van der Waals surface area contributed by atoms with Crippen LogP contribution in [0, 0.1) is 0 Å². The quantitative estimate of drug-likeness (QED) is 0.0523. The molecule has 0 saturated carbocycles. The molecule has 0 heterocycles. The van der Waals surface area contributed by atoms with Crippen LogP contribution in [0.2, 0.25) is 12.1 Å². The topological polar surface area (TPSA) is 162 Å². The zero-order valence-electron chi connectivity index (χ0n) is 23.7. The number of nitrogens with one attached hydrogen (secondary N) is 6. The average molecular weight is 601 g/mol. The highest BCUT2D eigenvalue weighted by Gasteiger charge is 2.40. The summed E-state index contributed by atoms with van der Waals surface area (Å²) < 4.78 is 34.7. The minimum Gasteiger partial charge on any atom is -0.374 e. The van der Waals surface area contributed by atoms with Crippen molar-refractivity contribution in [2.75, 3.05) is 52.7 Å². The fourth-order valence-corrected chi connectivity index (χ4v) is 8.69. The predicted molar refractivity (Wildman–Crippen MR) is 152 cm³/mol. The maximum absolute atomic E-state index is 12.0. The normalized spacial score (nSPS) is 11.5. The van der Waals surface area contributed by atoms with Crippen molar-refractivity contribution < 1.29 is 36.1 Å². The first-order valence-electron chi connectivity index (χ1n) is 13.2. The molecule has 0 bridgehead atoms. The molecule has 6 N–H and O–H groups in total. The molecule has 0 rings (SSSR count). The second-order valence-electron chi connectivity index (χ2n) is 7.51. The van der Waals surface area contributed by atoms with Gasteiger partial charge in [-0.05, 0) is 66.6 Å². The summed E-state index contributed by atoms with van der Waals surface area (Å²) >= 11 is 5.04. The number of rotatable bonds is 20. The highest BCUT2D eigenvalue weighted by molar-refractivity contribution is 7.80. The lowest BCUT2D eigenvalue weighted by Crippen LogP contribution is -2.56.